The fourth-order valence-electron chi connectivity index (χ4n) is 4.88. The van der Waals surface area contributed by atoms with Crippen molar-refractivity contribution < 1.29 is 18.3 Å². The quantitative estimate of drug-likeness (QED) is 0.517. The molecule has 3 aromatic rings. The second-order valence-electron chi connectivity index (χ2n) is 9.27. The number of benzene rings is 1. The van der Waals surface area contributed by atoms with Crippen molar-refractivity contribution in [3.05, 3.63) is 54.9 Å². The first-order valence-corrected chi connectivity index (χ1v) is 11.7. The number of fused-ring (bicyclic) bond motifs is 3. The van der Waals surface area contributed by atoms with Gasteiger partial charge in [0.2, 0.25) is 11.7 Å². The molecule has 0 radical (unpaired) electrons. The highest BCUT2D eigenvalue weighted by Crippen LogP contribution is 2.36. The Balaban J connectivity index is 1.26. The van der Waals surface area contributed by atoms with Gasteiger partial charge in [0.05, 0.1) is 29.9 Å². The van der Waals surface area contributed by atoms with Crippen LogP contribution >= 0.6 is 0 Å². The van der Waals surface area contributed by atoms with E-state index in [9.17, 15) is 13.6 Å². The molecule has 1 N–H and O–H groups in total. The maximum atomic E-state index is 14.8. The highest BCUT2D eigenvalue weighted by Gasteiger charge is 2.45. The summed E-state index contributed by atoms with van der Waals surface area (Å²) >= 11 is 0. The third-order valence-corrected chi connectivity index (χ3v) is 6.93. The van der Waals surface area contributed by atoms with Gasteiger partial charge in [0.1, 0.15) is 17.7 Å². The van der Waals surface area contributed by atoms with Gasteiger partial charge in [-0.05, 0) is 55.5 Å². The van der Waals surface area contributed by atoms with Gasteiger partial charge in [0.15, 0.2) is 17.4 Å². The Bertz CT molecular complexity index is 1330. The van der Waals surface area contributed by atoms with E-state index in [0.29, 0.717) is 36.6 Å². The number of rotatable bonds is 7. The number of piperazine rings is 1. The van der Waals surface area contributed by atoms with Crippen molar-refractivity contribution in [1.82, 2.24) is 19.9 Å². The molecule has 2 saturated heterocycles. The molecule has 2 atom stereocenters. The van der Waals surface area contributed by atoms with Crippen LogP contribution in [0, 0.1) is 17.6 Å². The smallest absolute Gasteiger partial charge is 0.246 e. The van der Waals surface area contributed by atoms with Crippen LogP contribution < -0.4 is 15.0 Å². The molecule has 2 aromatic heterocycles. The normalized spacial score (nSPS) is 21.0. The van der Waals surface area contributed by atoms with E-state index in [-0.39, 0.29) is 35.2 Å². The molecule has 3 aliphatic rings. The summed E-state index contributed by atoms with van der Waals surface area (Å²) in [6.45, 7) is 5.26. The van der Waals surface area contributed by atoms with Crippen LogP contribution in [0.2, 0.25) is 0 Å². The topological polar surface area (TPSA) is 83.5 Å². The van der Waals surface area contributed by atoms with Crippen LogP contribution in [0.4, 0.5) is 26.1 Å². The molecule has 6 rings (SSSR count). The van der Waals surface area contributed by atoms with E-state index in [1.54, 1.807) is 0 Å². The molecule has 35 heavy (non-hydrogen) atoms. The van der Waals surface area contributed by atoms with Gasteiger partial charge in [-0.15, -0.1) is 0 Å². The van der Waals surface area contributed by atoms with E-state index >= 15 is 0 Å². The number of carbonyl (C=O) groups is 1. The minimum Gasteiger partial charge on any atom is -0.490 e. The molecule has 4 heterocycles. The van der Waals surface area contributed by atoms with Crippen LogP contribution in [0.15, 0.2) is 43.2 Å². The van der Waals surface area contributed by atoms with Crippen molar-refractivity contribution in [3.63, 3.8) is 0 Å². The van der Waals surface area contributed by atoms with Crippen LogP contribution in [0.25, 0.3) is 11.0 Å². The summed E-state index contributed by atoms with van der Waals surface area (Å²) in [6.07, 6.45) is 5.69. The molecule has 1 aromatic carbocycles. The highest BCUT2D eigenvalue weighted by molar-refractivity contribution is 5.89. The lowest BCUT2D eigenvalue weighted by Crippen LogP contribution is -2.48. The molecular formula is C25H24F2N6O2. The third kappa shape index (κ3) is 3.92. The molecule has 3 fully saturated rings. The van der Waals surface area contributed by atoms with Crippen LogP contribution in [-0.4, -0.2) is 57.5 Å². The SMILES string of the molecule is C=CC(=O)N1C[C@@H]2C[C@H]1CN2c1ccc2ncnc(Nc3ccc(OCC4CC4)c(F)c3F)c2n1. The number of hydrogen-bond donors (Lipinski definition) is 1. The third-order valence-electron chi connectivity index (χ3n) is 6.93. The van der Waals surface area contributed by atoms with Gasteiger partial charge in [0.25, 0.3) is 0 Å². The summed E-state index contributed by atoms with van der Waals surface area (Å²) < 4.78 is 34.8. The lowest BCUT2D eigenvalue weighted by atomic mass is 10.2. The van der Waals surface area contributed by atoms with Gasteiger partial charge < -0.3 is 19.9 Å². The number of carbonyl (C=O) groups excluding carboxylic acids is 1. The first-order chi connectivity index (χ1) is 17.0. The fourth-order valence-corrected chi connectivity index (χ4v) is 4.88. The number of aromatic nitrogens is 3. The lowest BCUT2D eigenvalue weighted by molar-refractivity contribution is -0.127. The van der Waals surface area contributed by atoms with E-state index in [4.69, 9.17) is 9.72 Å². The fraction of sp³-hybridized carbons (Fsp3) is 0.360. The first-order valence-electron chi connectivity index (χ1n) is 11.7. The number of nitrogens with zero attached hydrogens (tertiary/aromatic N) is 5. The summed E-state index contributed by atoms with van der Waals surface area (Å²) in [5, 5.41) is 2.88. The monoisotopic (exact) mass is 478 g/mol. The van der Waals surface area contributed by atoms with Gasteiger partial charge in [-0.2, -0.15) is 4.39 Å². The Morgan fingerprint density at radius 1 is 1.14 bits per heavy atom. The number of anilines is 3. The van der Waals surface area contributed by atoms with Gasteiger partial charge >= 0.3 is 0 Å². The number of halogens is 2. The van der Waals surface area contributed by atoms with Crippen molar-refractivity contribution in [3.8, 4) is 5.75 Å². The number of nitrogens with one attached hydrogen (secondary N) is 1. The van der Waals surface area contributed by atoms with Gasteiger partial charge in [-0.1, -0.05) is 6.58 Å². The highest BCUT2D eigenvalue weighted by atomic mass is 19.2. The summed E-state index contributed by atoms with van der Waals surface area (Å²) in [5.74, 6) is -0.792. The van der Waals surface area contributed by atoms with E-state index < -0.39 is 11.6 Å². The number of likely N-dealkylation sites (tertiary alicyclic amines) is 1. The summed E-state index contributed by atoms with van der Waals surface area (Å²) in [6, 6.07) is 6.83. The van der Waals surface area contributed by atoms with Crippen LogP contribution in [0.1, 0.15) is 19.3 Å². The molecular weight excluding hydrogens is 454 g/mol. The van der Waals surface area contributed by atoms with Crippen molar-refractivity contribution in [2.75, 3.05) is 29.9 Å². The molecule has 8 nitrogen and oxygen atoms in total. The molecule has 0 spiro atoms. The van der Waals surface area contributed by atoms with Gasteiger partial charge in [-0.25, -0.2) is 19.3 Å². The predicted molar refractivity (Wildman–Crippen MR) is 127 cm³/mol. The van der Waals surface area contributed by atoms with Crippen LogP contribution in [0.5, 0.6) is 5.75 Å². The maximum absolute atomic E-state index is 14.8. The molecule has 2 aliphatic heterocycles. The Labute approximate surface area is 200 Å². The summed E-state index contributed by atoms with van der Waals surface area (Å²) in [5.41, 5.74) is 0.956. The number of ether oxygens (including phenoxy) is 1. The minimum atomic E-state index is -1.04. The Morgan fingerprint density at radius 3 is 2.74 bits per heavy atom. The molecule has 1 amide bonds. The average Bonchev–Trinajstić information content (AvgIpc) is 3.49. The Morgan fingerprint density at radius 2 is 2.00 bits per heavy atom. The van der Waals surface area contributed by atoms with Crippen LogP contribution in [0.3, 0.4) is 0 Å². The standard InChI is InChI=1S/C25H24F2N6O2/c1-2-21(34)33-11-15-9-16(33)10-32(15)20-8-6-18-24(31-20)25(29-13-28-18)30-17-5-7-19(23(27)22(17)26)35-12-14-3-4-14/h2,5-8,13-16H,1,3-4,9-12H2,(H,28,29,30)/t15-,16-/m0/s1. The second kappa shape index (κ2) is 8.44. The second-order valence-corrected chi connectivity index (χ2v) is 9.27. The maximum Gasteiger partial charge on any atom is 0.246 e. The van der Waals surface area contributed by atoms with Crippen molar-refractivity contribution in [2.45, 2.75) is 31.3 Å². The van der Waals surface area contributed by atoms with Crippen LogP contribution in [-0.2, 0) is 4.79 Å². The van der Waals surface area contributed by atoms with Gasteiger partial charge in [0, 0.05) is 13.1 Å². The molecule has 2 bridgehead atoms. The van der Waals surface area contributed by atoms with Gasteiger partial charge in [-0.3, -0.25) is 4.79 Å². The van der Waals surface area contributed by atoms with Crippen molar-refractivity contribution in [2.24, 2.45) is 5.92 Å². The van der Waals surface area contributed by atoms with Crippen molar-refractivity contribution >= 4 is 34.3 Å². The Hall–Kier alpha value is -3.82. The van der Waals surface area contributed by atoms with E-state index in [0.717, 1.165) is 25.1 Å². The van der Waals surface area contributed by atoms with Crippen molar-refractivity contribution in [1.29, 1.82) is 0 Å². The zero-order valence-electron chi connectivity index (χ0n) is 19.0. The summed E-state index contributed by atoms with van der Waals surface area (Å²) in [4.78, 5) is 29.3. The average molecular weight is 479 g/mol. The molecule has 1 saturated carbocycles. The number of hydrogen-bond acceptors (Lipinski definition) is 7. The van der Waals surface area contributed by atoms with E-state index in [1.165, 1.54) is 24.5 Å². The largest absolute Gasteiger partial charge is 0.490 e. The molecule has 1 aliphatic carbocycles. The first kappa shape index (κ1) is 21.7. The van der Waals surface area contributed by atoms with E-state index in [2.05, 4.69) is 26.8 Å². The Kier molecular flexibility index (Phi) is 5.23. The molecule has 10 heteroatoms. The molecule has 180 valence electrons. The zero-order valence-corrected chi connectivity index (χ0v) is 19.0. The zero-order chi connectivity index (χ0) is 24.1. The summed E-state index contributed by atoms with van der Waals surface area (Å²) in [7, 11) is 0. The number of amides is 1. The molecule has 0 unspecified atom stereocenters. The number of pyridine rings is 1. The lowest BCUT2D eigenvalue weighted by Gasteiger charge is -2.34. The van der Waals surface area contributed by atoms with E-state index in [1.807, 2.05) is 17.0 Å². The minimum absolute atomic E-state index is 0.0540. The predicted octanol–water partition coefficient (Wildman–Crippen LogP) is 3.81.